The van der Waals surface area contributed by atoms with Crippen LogP contribution in [0.4, 0.5) is 0 Å². The molecule has 0 rings (SSSR count). The predicted molar refractivity (Wildman–Crippen MR) is 188 cm³/mol. The van der Waals surface area contributed by atoms with Crippen molar-refractivity contribution in [1.29, 1.82) is 0 Å². The Morgan fingerprint density at radius 2 is 1.08 bits per heavy atom. The van der Waals surface area contributed by atoms with E-state index in [9.17, 15) is 18.9 Å². The summed E-state index contributed by atoms with van der Waals surface area (Å²) < 4.78 is 21.6. The minimum Gasteiger partial charge on any atom is -0.616 e. The van der Waals surface area contributed by atoms with Gasteiger partial charge in [0.15, 0.2) is 10.2 Å². The van der Waals surface area contributed by atoms with Crippen LogP contribution in [0, 0.1) is 0 Å². The van der Waals surface area contributed by atoms with Gasteiger partial charge in [-0.3, -0.25) is 14.4 Å². The number of thioether (sulfide) groups is 10. The standard InChI is InChI=1S/C20H36O8S11/c21-1-3-27-18(23)7-30-11-33-10-29-5-6-39(26)17-37-15-35-14-36-16-38-20(25)9-32-13-34-12-31-8-19(24)28-4-2-22/h21-22H,1-17H2. The maximum absolute atomic E-state index is 12.1. The smallest absolute Gasteiger partial charge is 0.316 e. The number of carbonyl (C=O) groups is 3. The van der Waals surface area contributed by atoms with E-state index >= 15 is 0 Å². The van der Waals surface area contributed by atoms with Gasteiger partial charge in [-0.05, 0) is 11.2 Å². The lowest BCUT2D eigenvalue weighted by molar-refractivity contribution is -0.142. The molecule has 0 aliphatic rings. The van der Waals surface area contributed by atoms with Crippen molar-refractivity contribution in [2.75, 3.05) is 95.9 Å². The molecular weight excluding hydrogens is 721 g/mol. The van der Waals surface area contributed by atoms with Crippen LogP contribution in [0.1, 0.15) is 0 Å². The summed E-state index contributed by atoms with van der Waals surface area (Å²) in [4.78, 5) is 34.5. The monoisotopic (exact) mass is 756 g/mol. The molecule has 0 aliphatic heterocycles. The largest absolute Gasteiger partial charge is 0.616 e. The van der Waals surface area contributed by atoms with Gasteiger partial charge in [-0.1, -0.05) is 23.5 Å². The van der Waals surface area contributed by atoms with Crippen LogP contribution in [0.15, 0.2) is 0 Å². The molecule has 19 heteroatoms. The molecular formula is C20H36O8S11. The van der Waals surface area contributed by atoms with Gasteiger partial charge in [-0.25, -0.2) is 0 Å². The first-order valence-corrected chi connectivity index (χ1v) is 24.1. The number of ether oxygens (including phenoxy) is 2. The van der Waals surface area contributed by atoms with Crippen LogP contribution in [-0.2, 0) is 35.0 Å². The van der Waals surface area contributed by atoms with Crippen molar-refractivity contribution in [1.82, 2.24) is 0 Å². The van der Waals surface area contributed by atoms with Gasteiger partial charge in [-0.15, -0.1) is 94.1 Å². The third kappa shape index (κ3) is 33.1. The lowest BCUT2D eigenvalue weighted by Gasteiger charge is -2.10. The number of hydrogen-bond donors (Lipinski definition) is 2. The minimum atomic E-state index is -0.821. The Balaban J connectivity index is 3.34. The molecule has 1 atom stereocenters. The second-order valence-electron chi connectivity index (χ2n) is 6.47. The Kier molecular flexibility index (Phi) is 35.2. The van der Waals surface area contributed by atoms with E-state index in [0.717, 1.165) is 41.3 Å². The van der Waals surface area contributed by atoms with Gasteiger partial charge in [0.25, 0.3) is 0 Å². The van der Waals surface area contributed by atoms with Crippen LogP contribution in [0.25, 0.3) is 0 Å². The SMILES string of the molecule is O=C(CSCSCSCC[S+]([O-])CSCSCSCSC(=O)CSCSCSCC(=O)OCCO)OCCO. The summed E-state index contributed by atoms with van der Waals surface area (Å²) in [5.41, 5.74) is 0. The zero-order valence-electron chi connectivity index (χ0n) is 21.4. The minimum absolute atomic E-state index is 0.0415. The van der Waals surface area contributed by atoms with Crippen LogP contribution in [-0.4, -0.2) is 128 Å². The van der Waals surface area contributed by atoms with E-state index in [0.29, 0.717) is 22.3 Å². The first-order chi connectivity index (χ1) is 19.0. The third-order valence-electron chi connectivity index (χ3n) is 3.34. The molecule has 0 amide bonds. The summed E-state index contributed by atoms with van der Waals surface area (Å²) in [6, 6.07) is 0. The van der Waals surface area contributed by atoms with E-state index < -0.39 is 11.2 Å². The van der Waals surface area contributed by atoms with Crippen molar-refractivity contribution in [2.24, 2.45) is 0 Å². The van der Waals surface area contributed by atoms with Gasteiger partial charge in [-0.2, -0.15) is 0 Å². The number of aliphatic hydroxyl groups is 2. The first-order valence-electron chi connectivity index (χ1n) is 11.2. The summed E-state index contributed by atoms with van der Waals surface area (Å²) in [5.74, 6) is 1.97. The average Bonchev–Trinajstić information content (AvgIpc) is 2.92. The molecule has 0 spiro atoms. The molecule has 0 aliphatic carbocycles. The molecule has 230 valence electrons. The van der Waals surface area contributed by atoms with E-state index in [-0.39, 0.29) is 49.2 Å². The van der Waals surface area contributed by atoms with Gasteiger partial charge in [0.05, 0.1) is 30.5 Å². The number of aliphatic hydroxyl groups excluding tert-OH is 2. The Morgan fingerprint density at radius 1 is 0.615 bits per heavy atom. The van der Waals surface area contributed by atoms with Crippen LogP contribution in [0.5, 0.6) is 0 Å². The Morgan fingerprint density at radius 3 is 1.64 bits per heavy atom. The maximum Gasteiger partial charge on any atom is 0.316 e. The second kappa shape index (κ2) is 33.2. The van der Waals surface area contributed by atoms with Crippen molar-refractivity contribution < 1.29 is 38.6 Å². The summed E-state index contributed by atoms with van der Waals surface area (Å²) in [6.07, 6.45) is 0. The van der Waals surface area contributed by atoms with Gasteiger partial charge in [0.2, 0.25) is 0 Å². The fourth-order valence-corrected chi connectivity index (χ4v) is 15.1. The van der Waals surface area contributed by atoms with E-state index in [1.807, 2.05) is 0 Å². The molecule has 8 nitrogen and oxygen atoms in total. The van der Waals surface area contributed by atoms with Gasteiger partial charge in [0.1, 0.15) is 19.0 Å². The van der Waals surface area contributed by atoms with Crippen LogP contribution < -0.4 is 0 Å². The maximum atomic E-state index is 12.1. The predicted octanol–water partition coefficient (Wildman–Crippen LogP) is 4.32. The molecule has 0 fully saturated rings. The van der Waals surface area contributed by atoms with Crippen molar-refractivity contribution in [3.8, 4) is 0 Å². The topological polar surface area (TPSA) is 133 Å². The normalized spacial score (nSPS) is 11.9. The number of esters is 2. The van der Waals surface area contributed by atoms with Crippen molar-refractivity contribution in [3.05, 3.63) is 0 Å². The van der Waals surface area contributed by atoms with Crippen LogP contribution in [0.3, 0.4) is 0 Å². The lowest BCUT2D eigenvalue weighted by atomic mass is 10.7. The van der Waals surface area contributed by atoms with Crippen molar-refractivity contribution in [2.45, 2.75) is 0 Å². The molecule has 0 saturated carbocycles. The summed E-state index contributed by atoms with van der Waals surface area (Å²) in [5, 5.41) is 23.8. The fourth-order valence-electron chi connectivity index (χ4n) is 1.81. The van der Waals surface area contributed by atoms with E-state index in [1.54, 1.807) is 82.3 Å². The van der Waals surface area contributed by atoms with Gasteiger partial charge < -0.3 is 24.2 Å². The molecule has 1 unspecified atom stereocenters. The zero-order chi connectivity index (χ0) is 28.8. The number of hydrogen-bond acceptors (Lipinski definition) is 18. The molecule has 0 heterocycles. The quantitative estimate of drug-likeness (QED) is 0.0485. The highest BCUT2D eigenvalue weighted by atomic mass is 32.3. The fraction of sp³-hybridized carbons (Fsp3) is 0.850. The number of carbonyl (C=O) groups excluding carboxylic acids is 3. The molecule has 0 saturated heterocycles. The molecule has 39 heavy (non-hydrogen) atoms. The molecule has 0 aromatic carbocycles. The second-order valence-corrected chi connectivity index (χ2v) is 21.0. The van der Waals surface area contributed by atoms with Gasteiger partial charge >= 0.3 is 11.9 Å². The summed E-state index contributed by atoms with van der Waals surface area (Å²) >= 11 is 15.4. The number of rotatable bonds is 29. The van der Waals surface area contributed by atoms with Crippen molar-refractivity contribution >= 4 is 146 Å². The molecule has 2 N–H and O–H groups in total. The first kappa shape index (κ1) is 41.3. The Labute approximate surface area is 277 Å². The molecule has 0 bridgehead atoms. The Hall–Kier alpha value is 2.34. The van der Waals surface area contributed by atoms with E-state index in [1.165, 1.54) is 35.3 Å². The van der Waals surface area contributed by atoms with Crippen LogP contribution in [0.2, 0.25) is 0 Å². The zero-order valence-corrected chi connectivity index (χ0v) is 30.3. The van der Waals surface area contributed by atoms with E-state index in [4.69, 9.17) is 19.7 Å². The highest BCUT2D eigenvalue weighted by molar-refractivity contribution is 8.30. The average molecular weight is 757 g/mol. The lowest BCUT2D eigenvalue weighted by Crippen LogP contribution is -2.11. The molecule has 0 aromatic rings. The van der Waals surface area contributed by atoms with Crippen molar-refractivity contribution in [3.63, 3.8) is 0 Å². The molecule has 0 aromatic heterocycles. The molecule has 0 radical (unpaired) electrons. The summed E-state index contributed by atoms with van der Waals surface area (Å²) in [6.45, 7) is -0.216. The Bertz CT molecular complexity index is 610. The highest BCUT2D eigenvalue weighted by Crippen LogP contribution is 2.24. The highest BCUT2D eigenvalue weighted by Gasteiger charge is 2.08. The van der Waals surface area contributed by atoms with E-state index in [2.05, 4.69) is 0 Å². The van der Waals surface area contributed by atoms with Crippen LogP contribution >= 0.6 is 118 Å². The third-order valence-corrected chi connectivity index (χ3v) is 17.6. The summed E-state index contributed by atoms with van der Waals surface area (Å²) in [7, 11) is 0. The van der Waals surface area contributed by atoms with Gasteiger partial charge in [0, 0.05) is 41.3 Å².